The van der Waals surface area contributed by atoms with Gasteiger partial charge in [-0.15, -0.1) is 24.8 Å². The van der Waals surface area contributed by atoms with E-state index in [1.165, 1.54) is 0 Å². The average molecular weight is 538 g/mol. The predicted octanol–water partition coefficient (Wildman–Crippen LogP) is 5.60. The molecule has 1 aromatic heterocycles. The van der Waals surface area contributed by atoms with Gasteiger partial charge in [0.05, 0.1) is 0 Å². The highest BCUT2D eigenvalue weighted by molar-refractivity contribution is 8.24. The van der Waals surface area contributed by atoms with Crippen molar-refractivity contribution in [2.24, 2.45) is 0 Å². The van der Waals surface area contributed by atoms with E-state index in [1.807, 2.05) is 42.5 Å². The first-order valence-corrected chi connectivity index (χ1v) is 13.1. The van der Waals surface area contributed by atoms with Gasteiger partial charge in [-0.3, -0.25) is 13.9 Å². The molecule has 7 nitrogen and oxygen atoms in total. The molecule has 2 unspecified atom stereocenters. The second-order valence-corrected chi connectivity index (χ2v) is 11.3. The smallest absolute Gasteiger partial charge is 0.255 e. The molecule has 2 atom stereocenters. The Hall–Kier alpha value is -2.20. The zero-order valence-corrected chi connectivity index (χ0v) is 21.5. The number of amides is 1. The van der Waals surface area contributed by atoms with E-state index in [0.29, 0.717) is 40.9 Å². The average Bonchev–Trinajstić information content (AvgIpc) is 3.61. The number of anilines is 1. The highest BCUT2D eigenvalue weighted by Gasteiger charge is 2.40. The lowest BCUT2D eigenvalue weighted by Crippen LogP contribution is -2.37. The van der Waals surface area contributed by atoms with E-state index in [4.69, 9.17) is 0 Å². The Bertz CT molecular complexity index is 1130. The molecule has 1 saturated heterocycles. The van der Waals surface area contributed by atoms with Crippen LogP contribution in [0.3, 0.4) is 0 Å². The van der Waals surface area contributed by atoms with Gasteiger partial charge in [-0.25, -0.2) is 9.97 Å². The molecule has 2 fully saturated rings. The van der Waals surface area contributed by atoms with Gasteiger partial charge in [0, 0.05) is 58.7 Å². The lowest BCUT2D eigenvalue weighted by molar-refractivity contribution is 0.102. The van der Waals surface area contributed by atoms with Gasteiger partial charge in [0.1, 0.15) is 0 Å². The third-order valence-electron chi connectivity index (χ3n) is 6.37. The number of benzene rings is 2. The quantitative estimate of drug-likeness (QED) is 0.326. The summed E-state index contributed by atoms with van der Waals surface area (Å²) < 4.78 is 19.6. The molecule has 2 aromatic carbocycles. The van der Waals surface area contributed by atoms with Crippen molar-refractivity contribution in [1.29, 1.82) is 0 Å². The minimum atomic E-state index is -2.35. The van der Waals surface area contributed by atoms with Gasteiger partial charge in [-0.05, 0) is 67.3 Å². The van der Waals surface area contributed by atoms with Gasteiger partial charge >= 0.3 is 0 Å². The van der Waals surface area contributed by atoms with Crippen LogP contribution in [0.1, 0.15) is 41.1 Å². The molecule has 0 bridgehead atoms. The number of rotatable bonds is 6. The molecule has 2 heterocycles. The Labute approximate surface area is 219 Å². The number of nitrogens with one attached hydrogen (secondary N) is 2. The standard InChI is InChI=1S/C25H28N4O3S.2ClH/c30-25(29-20-7-5-17(6-8-20)24-26-11-2-12-27-24)19-4-1-3-18(15-19)22-16-23(22)28-21-9-13-33(31,32)14-10-21;;/h1-8,11-12,15,21-23,28,31-32H,9-10,13-14,16H2,(H,29,30);2*1H. The van der Waals surface area contributed by atoms with E-state index in [0.717, 1.165) is 36.1 Å². The first kappa shape index (κ1) is 27.4. The van der Waals surface area contributed by atoms with Crippen LogP contribution in [0.15, 0.2) is 67.0 Å². The van der Waals surface area contributed by atoms with Crippen LogP contribution in [-0.2, 0) is 0 Å². The molecular weight excluding hydrogens is 507 g/mol. The van der Waals surface area contributed by atoms with Crippen LogP contribution in [0.2, 0.25) is 0 Å². The summed E-state index contributed by atoms with van der Waals surface area (Å²) in [4.78, 5) is 21.3. The van der Waals surface area contributed by atoms with Crippen LogP contribution in [-0.4, -0.2) is 48.6 Å². The fraction of sp³-hybridized carbons (Fsp3) is 0.320. The van der Waals surface area contributed by atoms with Crippen molar-refractivity contribution in [3.8, 4) is 11.4 Å². The summed E-state index contributed by atoms with van der Waals surface area (Å²) in [6.45, 7) is 0. The SMILES string of the molecule is Cl.Cl.O=C(Nc1ccc(-c2ncccn2)cc1)c1cccc(C2CC2NC2CCS(O)(O)CC2)c1. The molecule has 35 heavy (non-hydrogen) atoms. The fourth-order valence-electron chi connectivity index (χ4n) is 4.39. The summed E-state index contributed by atoms with van der Waals surface area (Å²) in [5.41, 5.74) is 3.42. The van der Waals surface area contributed by atoms with Crippen LogP contribution in [0.5, 0.6) is 0 Å². The maximum Gasteiger partial charge on any atom is 0.255 e. The van der Waals surface area contributed by atoms with Gasteiger partial charge in [0.25, 0.3) is 5.91 Å². The van der Waals surface area contributed by atoms with E-state index >= 15 is 0 Å². The van der Waals surface area contributed by atoms with Gasteiger partial charge in [0.15, 0.2) is 5.82 Å². The van der Waals surface area contributed by atoms with E-state index in [2.05, 4.69) is 26.7 Å². The molecule has 5 rings (SSSR count). The topological polar surface area (TPSA) is 107 Å². The molecule has 2 aliphatic rings. The van der Waals surface area contributed by atoms with Crippen molar-refractivity contribution in [3.05, 3.63) is 78.1 Å². The summed E-state index contributed by atoms with van der Waals surface area (Å²) in [5, 5.41) is 6.63. The maximum absolute atomic E-state index is 12.8. The Morgan fingerprint density at radius 1 is 0.943 bits per heavy atom. The number of carbonyl (C=O) groups is 1. The number of halogens is 2. The van der Waals surface area contributed by atoms with Crippen molar-refractivity contribution in [1.82, 2.24) is 15.3 Å². The largest absolute Gasteiger partial charge is 0.322 e. The zero-order valence-electron chi connectivity index (χ0n) is 19.0. The van der Waals surface area contributed by atoms with Gasteiger partial charge < -0.3 is 10.6 Å². The molecule has 1 amide bonds. The van der Waals surface area contributed by atoms with Crippen molar-refractivity contribution >= 4 is 47.0 Å². The zero-order chi connectivity index (χ0) is 22.8. The van der Waals surface area contributed by atoms with Gasteiger partial charge in [-0.2, -0.15) is 10.6 Å². The molecule has 4 N–H and O–H groups in total. The van der Waals surface area contributed by atoms with Crippen LogP contribution in [0.4, 0.5) is 5.69 Å². The van der Waals surface area contributed by atoms with Gasteiger partial charge in [0.2, 0.25) is 0 Å². The van der Waals surface area contributed by atoms with Crippen LogP contribution in [0, 0.1) is 0 Å². The second-order valence-electron chi connectivity index (χ2n) is 8.83. The molecule has 1 saturated carbocycles. The minimum Gasteiger partial charge on any atom is -0.322 e. The first-order valence-electron chi connectivity index (χ1n) is 11.3. The number of aromatic nitrogens is 2. The Morgan fingerprint density at radius 2 is 1.63 bits per heavy atom. The highest BCUT2D eigenvalue weighted by atomic mass is 35.5. The second kappa shape index (κ2) is 11.7. The molecule has 0 radical (unpaired) electrons. The van der Waals surface area contributed by atoms with E-state index in [9.17, 15) is 13.9 Å². The van der Waals surface area contributed by atoms with Gasteiger partial charge in [-0.1, -0.05) is 12.1 Å². The number of nitrogens with zero attached hydrogens (tertiary/aromatic N) is 2. The summed E-state index contributed by atoms with van der Waals surface area (Å²) >= 11 is 0. The number of hydrogen-bond donors (Lipinski definition) is 4. The van der Waals surface area contributed by atoms with Crippen molar-refractivity contribution < 1.29 is 13.9 Å². The van der Waals surface area contributed by atoms with Crippen LogP contribution in [0.25, 0.3) is 11.4 Å². The molecule has 0 spiro atoms. The first-order chi connectivity index (χ1) is 16.0. The third-order valence-corrected chi connectivity index (χ3v) is 8.15. The Morgan fingerprint density at radius 3 is 2.31 bits per heavy atom. The minimum absolute atomic E-state index is 0. The summed E-state index contributed by atoms with van der Waals surface area (Å²) in [5.74, 6) is 1.90. The molecule has 1 aliphatic heterocycles. The summed E-state index contributed by atoms with van der Waals surface area (Å²) in [7, 11) is -2.35. The lowest BCUT2D eigenvalue weighted by Gasteiger charge is -2.39. The van der Waals surface area contributed by atoms with E-state index < -0.39 is 10.6 Å². The Balaban J connectivity index is 0.00000171. The van der Waals surface area contributed by atoms with E-state index in [1.54, 1.807) is 18.5 Å². The van der Waals surface area contributed by atoms with Crippen molar-refractivity contribution in [3.63, 3.8) is 0 Å². The highest BCUT2D eigenvalue weighted by Crippen LogP contribution is 2.46. The van der Waals surface area contributed by atoms with Crippen molar-refractivity contribution in [2.45, 2.75) is 37.3 Å². The fourth-order valence-corrected chi connectivity index (χ4v) is 5.92. The molecule has 1 aliphatic carbocycles. The normalized spacial score (nSPS) is 21.7. The molecule has 3 aromatic rings. The third kappa shape index (κ3) is 6.94. The predicted molar refractivity (Wildman–Crippen MR) is 146 cm³/mol. The summed E-state index contributed by atoms with van der Waals surface area (Å²) in [6, 6.07) is 17.8. The maximum atomic E-state index is 12.8. The van der Waals surface area contributed by atoms with E-state index in [-0.39, 0.29) is 30.7 Å². The van der Waals surface area contributed by atoms with Crippen LogP contribution < -0.4 is 10.6 Å². The molecule has 10 heteroatoms. The Kier molecular flexibility index (Phi) is 9.15. The van der Waals surface area contributed by atoms with Crippen molar-refractivity contribution in [2.75, 3.05) is 16.8 Å². The molecular formula is C25H30Cl2N4O3S. The monoisotopic (exact) mass is 536 g/mol. The lowest BCUT2D eigenvalue weighted by atomic mass is 10.1. The van der Waals surface area contributed by atoms with Crippen LogP contribution >= 0.6 is 35.4 Å². The molecule has 188 valence electrons. The number of carbonyl (C=O) groups excluding carboxylic acids is 1. The summed E-state index contributed by atoms with van der Waals surface area (Å²) in [6.07, 6.45) is 6.07. The number of hydrogen-bond acceptors (Lipinski definition) is 6.